The Kier molecular flexibility index (Phi) is 9.49. The molecule has 0 aromatic heterocycles. The average Bonchev–Trinajstić information content (AvgIpc) is 2.90. The second-order valence-corrected chi connectivity index (χ2v) is 10.1. The number of carboxylic acid groups (broad SMARTS) is 1. The number of carbonyl (C=O) groups excluding carboxylic acids is 3. The average molecular weight is 568 g/mol. The highest BCUT2D eigenvalue weighted by molar-refractivity contribution is 6.32. The minimum absolute atomic E-state index is 0.0748. The summed E-state index contributed by atoms with van der Waals surface area (Å²) in [5.41, 5.74) is 1.58. The number of rotatable bonds is 10. The lowest BCUT2D eigenvalue weighted by molar-refractivity contribution is -0.274. The lowest BCUT2D eigenvalue weighted by atomic mass is 9.86. The highest BCUT2D eigenvalue weighted by Crippen LogP contribution is 2.28. The van der Waals surface area contributed by atoms with Crippen LogP contribution in [0.25, 0.3) is 5.57 Å². The van der Waals surface area contributed by atoms with Gasteiger partial charge in [-0.1, -0.05) is 69.3 Å². The van der Waals surface area contributed by atoms with Crippen LogP contribution < -0.4 is 10.1 Å². The number of allylic oxidation sites excluding steroid dienone is 2. The maximum absolute atomic E-state index is 13.5. The van der Waals surface area contributed by atoms with Gasteiger partial charge in [-0.3, -0.25) is 19.2 Å². The number of alkyl halides is 3. The first kappa shape index (κ1) is 30.8. The standard InChI is InChI=1S/C31H28F3NO6/c1-30(2,3)23-12-8-20(9-13-23)26(36)18-25(19-10-14-24(15-11-19)41-31(32,33)34)28(39)21-4-6-22(7-5-21)29(40)35-17-16-27(37)38/h4-15,18H,16-17H2,1-3H3,(H,35,40)(H,37,38)/b25-18-. The van der Waals surface area contributed by atoms with Gasteiger partial charge in [-0.15, -0.1) is 13.2 Å². The number of halogens is 3. The monoisotopic (exact) mass is 567 g/mol. The number of carboxylic acids is 1. The van der Waals surface area contributed by atoms with Gasteiger partial charge in [0, 0.05) is 28.8 Å². The maximum Gasteiger partial charge on any atom is 0.573 e. The van der Waals surface area contributed by atoms with Crippen LogP contribution in [0.1, 0.15) is 69.4 Å². The normalized spacial score (nSPS) is 12.0. The Hall–Kier alpha value is -4.73. The van der Waals surface area contributed by atoms with Crippen LogP contribution in [0.15, 0.2) is 78.9 Å². The summed E-state index contributed by atoms with van der Waals surface area (Å²) in [6, 6.07) is 16.9. The largest absolute Gasteiger partial charge is 0.573 e. The van der Waals surface area contributed by atoms with Crippen molar-refractivity contribution in [2.24, 2.45) is 0 Å². The zero-order valence-electron chi connectivity index (χ0n) is 22.5. The van der Waals surface area contributed by atoms with E-state index in [1.165, 1.54) is 36.4 Å². The summed E-state index contributed by atoms with van der Waals surface area (Å²) < 4.78 is 41.8. The predicted octanol–water partition coefficient (Wildman–Crippen LogP) is 6.24. The molecule has 0 radical (unpaired) electrons. The summed E-state index contributed by atoms with van der Waals surface area (Å²) in [5, 5.41) is 11.2. The Bertz CT molecular complexity index is 1450. The molecule has 2 N–H and O–H groups in total. The van der Waals surface area contributed by atoms with Gasteiger partial charge in [0.2, 0.25) is 0 Å². The highest BCUT2D eigenvalue weighted by Gasteiger charge is 2.31. The maximum atomic E-state index is 13.5. The quantitative estimate of drug-likeness (QED) is 0.222. The molecular formula is C31H28F3NO6. The Morgan fingerprint density at radius 2 is 1.29 bits per heavy atom. The molecule has 0 spiro atoms. The fourth-order valence-electron chi connectivity index (χ4n) is 3.78. The van der Waals surface area contributed by atoms with Crippen molar-refractivity contribution < 1.29 is 42.2 Å². The fourth-order valence-corrected chi connectivity index (χ4v) is 3.78. The second kappa shape index (κ2) is 12.6. The van der Waals surface area contributed by atoms with E-state index in [1.54, 1.807) is 12.1 Å². The molecule has 1 amide bonds. The van der Waals surface area contributed by atoms with Gasteiger partial charge in [-0.25, -0.2) is 0 Å². The van der Waals surface area contributed by atoms with Crippen molar-refractivity contribution in [1.29, 1.82) is 0 Å². The van der Waals surface area contributed by atoms with Crippen molar-refractivity contribution in [3.05, 3.63) is 107 Å². The summed E-state index contributed by atoms with van der Waals surface area (Å²) in [4.78, 5) is 49.6. The van der Waals surface area contributed by atoms with Crippen molar-refractivity contribution in [3.63, 3.8) is 0 Å². The van der Waals surface area contributed by atoms with E-state index in [1.807, 2.05) is 32.9 Å². The van der Waals surface area contributed by atoms with Gasteiger partial charge in [-0.2, -0.15) is 0 Å². The van der Waals surface area contributed by atoms with E-state index in [0.717, 1.165) is 23.8 Å². The number of amides is 1. The lowest BCUT2D eigenvalue weighted by Crippen LogP contribution is -2.26. The predicted molar refractivity (Wildman–Crippen MR) is 146 cm³/mol. The Morgan fingerprint density at radius 1 is 0.780 bits per heavy atom. The Labute approximate surface area is 234 Å². The van der Waals surface area contributed by atoms with E-state index in [4.69, 9.17) is 5.11 Å². The number of hydrogen-bond acceptors (Lipinski definition) is 5. The van der Waals surface area contributed by atoms with Crippen molar-refractivity contribution in [2.75, 3.05) is 6.54 Å². The smallest absolute Gasteiger partial charge is 0.481 e. The van der Waals surface area contributed by atoms with E-state index in [2.05, 4.69) is 10.1 Å². The molecule has 10 heteroatoms. The third kappa shape index (κ3) is 8.89. The first-order valence-electron chi connectivity index (χ1n) is 12.5. The molecule has 3 aromatic rings. The number of hydrogen-bond donors (Lipinski definition) is 2. The molecule has 7 nitrogen and oxygen atoms in total. The topological polar surface area (TPSA) is 110 Å². The zero-order chi connectivity index (χ0) is 30.4. The van der Waals surface area contributed by atoms with Gasteiger partial charge in [-0.05, 0) is 46.9 Å². The fraction of sp³-hybridized carbons (Fsp3) is 0.226. The minimum atomic E-state index is -4.90. The molecule has 0 heterocycles. The first-order chi connectivity index (χ1) is 19.1. The van der Waals surface area contributed by atoms with Crippen molar-refractivity contribution in [3.8, 4) is 5.75 Å². The van der Waals surface area contributed by atoms with E-state index in [9.17, 15) is 32.3 Å². The van der Waals surface area contributed by atoms with Crippen LogP contribution in [0, 0.1) is 0 Å². The summed E-state index contributed by atoms with van der Waals surface area (Å²) in [5.74, 6) is -3.18. The number of benzene rings is 3. The molecule has 0 saturated carbocycles. The molecule has 0 atom stereocenters. The molecule has 3 aromatic carbocycles. The molecule has 0 aliphatic carbocycles. The highest BCUT2D eigenvalue weighted by atomic mass is 19.4. The Balaban J connectivity index is 1.94. The minimum Gasteiger partial charge on any atom is -0.481 e. The molecule has 214 valence electrons. The van der Waals surface area contributed by atoms with E-state index in [0.29, 0.717) is 5.56 Å². The molecule has 0 aliphatic heterocycles. The molecule has 0 unspecified atom stereocenters. The Morgan fingerprint density at radius 3 is 1.80 bits per heavy atom. The van der Waals surface area contributed by atoms with Gasteiger partial charge < -0.3 is 15.2 Å². The molecule has 41 heavy (non-hydrogen) atoms. The number of ether oxygens (including phenoxy) is 1. The third-order valence-corrected chi connectivity index (χ3v) is 5.99. The number of ketones is 2. The molecule has 3 rings (SSSR count). The summed E-state index contributed by atoms with van der Waals surface area (Å²) in [6.45, 7) is 6.00. The molecule has 0 bridgehead atoms. The van der Waals surface area contributed by atoms with Crippen molar-refractivity contribution in [1.82, 2.24) is 5.32 Å². The van der Waals surface area contributed by atoms with Gasteiger partial charge in [0.05, 0.1) is 6.42 Å². The van der Waals surface area contributed by atoms with Gasteiger partial charge in [0.1, 0.15) is 5.75 Å². The third-order valence-electron chi connectivity index (χ3n) is 5.99. The SMILES string of the molecule is CC(C)(C)c1ccc(C(=O)/C=C(\C(=O)c2ccc(C(=O)NCCC(=O)O)cc2)c2ccc(OC(F)(F)F)cc2)cc1. The second-order valence-electron chi connectivity index (χ2n) is 10.1. The first-order valence-corrected chi connectivity index (χ1v) is 12.5. The van der Waals surface area contributed by atoms with E-state index < -0.39 is 35.6 Å². The van der Waals surface area contributed by atoms with Gasteiger partial charge in [0.15, 0.2) is 11.6 Å². The van der Waals surface area contributed by atoms with E-state index in [-0.39, 0.29) is 40.6 Å². The molecule has 0 fully saturated rings. The van der Waals surface area contributed by atoms with Crippen LogP contribution in [0.2, 0.25) is 0 Å². The van der Waals surface area contributed by atoms with Gasteiger partial charge >= 0.3 is 12.3 Å². The van der Waals surface area contributed by atoms with Crippen LogP contribution in [-0.4, -0.2) is 41.5 Å². The van der Waals surface area contributed by atoms with Crippen LogP contribution in [0.3, 0.4) is 0 Å². The number of carbonyl (C=O) groups is 4. The number of aliphatic carboxylic acids is 1. The summed E-state index contributed by atoms with van der Waals surface area (Å²) in [7, 11) is 0. The van der Waals surface area contributed by atoms with Crippen LogP contribution in [0.5, 0.6) is 5.75 Å². The summed E-state index contributed by atoms with van der Waals surface area (Å²) in [6.07, 6.45) is -4.02. The van der Waals surface area contributed by atoms with Crippen LogP contribution in [0.4, 0.5) is 13.2 Å². The molecule has 0 saturated heterocycles. The molecule has 0 aliphatic rings. The van der Waals surface area contributed by atoms with Crippen molar-refractivity contribution in [2.45, 2.75) is 39.0 Å². The number of nitrogens with one attached hydrogen (secondary N) is 1. The van der Waals surface area contributed by atoms with Crippen LogP contribution in [-0.2, 0) is 10.2 Å². The van der Waals surface area contributed by atoms with E-state index >= 15 is 0 Å². The lowest BCUT2D eigenvalue weighted by Gasteiger charge is -2.18. The van der Waals surface area contributed by atoms with Crippen molar-refractivity contribution >= 4 is 29.0 Å². The summed E-state index contributed by atoms with van der Waals surface area (Å²) >= 11 is 0. The van der Waals surface area contributed by atoms with Gasteiger partial charge in [0.25, 0.3) is 5.91 Å². The van der Waals surface area contributed by atoms with Crippen LogP contribution >= 0.6 is 0 Å². The number of Topliss-reactive ketones (excluding diaryl/α,β-unsaturated/α-hetero) is 1. The molecular weight excluding hydrogens is 539 g/mol. The zero-order valence-corrected chi connectivity index (χ0v) is 22.5.